The second kappa shape index (κ2) is 6.16. The summed E-state index contributed by atoms with van der Waals surface area (Å²) in [6.45, 7) is 1.51. The predicted octanol–water partition coefficient (Wildman–Crippen LogP) is 0.997. The van der Waals surface area contributed by atoms with Gasteiger partial charge in [0.15, 0.2) is 0 Å². The zero-order chi connectivity index (χ0) is 17.4. The van der Waals surface area contributed by atoms with Crippen molar-refractivity contribution in [2.45, 2.75) is 19.4 Å². The van der Waals surface area contributed by atoms with Crippen LogP contribution in [0.25, 0.3) is 0 Å². The van der Waals surface area contributed by atoms with Gasteiger partial charge in [0.05, 0.1) is 11.6 Å². The van der Waals surface area contributed by atoms with Crippen molar-refractivity contribution < 1.29 is 9.59 Å². The standard InChI is InChI=1S/C18H19N5O2/c19-16-8-12-10-22(7-6-15(12)20-21-16)18(25)13-9-17(24)23(11-13)14-4-2-1-3-5-14/h1-5,8,13H,6-7,9-11H2,(H2,19,21)/t13-/m0/s1. The van der Waals surface area contributed by atoms with E-state index in [0.29, 0.717) is 31.9 Å². The molecule has 2 aliphatic heterocycles. The number of nitrogens with zero attached hydrogens (tertiary/aromatic N) is 4. The van der Waals surface area contributed by atoms with Crippen LogP contribution < -0.4 is 10.6 Å². The molecule has 1 aromatic carbocycles. The van der Waals surface area contributed by atoms with Gasteiger partial charge in [-0.2, -0.15) is 5.10 Å². The smallest absolute Gasteiger partial charge is 0.228 e. The number of hydrogen-bond acceptors (Lipinski definition) is 5. The van der Waals surface area contributed by atoms with E-state index in [4.69, 9.17) is 5.73 Å². The Kier molecular flexibility index (Phi) is 3.83. The average molecular weight is 337 g/mol. The van der Waals surface area contributed by atoms with Crippen LogP contribution in [0.5, 0.6) is 0 Å². The normalized spacial score (nSPS) is 19.8. The van der Waals surface area contributed by atoms with Gasteiger partial charge in [0.1, 0.15) is 5.82 Å². The maximum atomic E-state index is 12.9. The Morgan fingerprint density at radius 2 is 2.00 bits per heavy atom. The van der Waals surface area contributed by atoms with Gasteiger partial charge in [-0.1, -0.05) is 18.2 Å². The Morgan fingerprint density at radius 3 is 2.80 bits per heavy atom. The van der Waals surface area contributed by atoms with E-state index in [1.165, 1.54) is 0 Å². The molecule has 25 heavy (non-hydrogen) atoms. The van der Waals surface area contributed by atoms with Crippen LogP contribution in [0.2, 0.25) is 0 Å². The number of fused-ring (bicyclic) bond motifs is 1. The number of anilines is 2. The second-order valence-electron chi connectivity index (χ2n) is 6.49. The first-order valence-electron chi connectivity index (χ1n) is 8.37. The van der Waals surface area contributed by atoms with Gasteiger partial charge >= 0.3 is 0 Å². The summed E-state index contributed by atoms with van der Waals surface area (Å²) in [7, 11) is 0. The Labute approximate surface area is 145 Å². The second-order valence-corrected chi connectivity index (χ2v) is 6.49. The number of nitrogens with two attached hydrogens (primary N) is 1. The molecule has 1 atom stereocenters. The van der Waals surface area contributed by atoms with Gasteiger partial charge in [-0.15, -0.1) is 5.10 Å². The average Bonchev–Trinajstić information content (AvgIpc) is 3.03. The van der Waals surface area contributed by atoms with E-state index in [0.717, 1.165) is 16.9 Å². The van der Waals surface area contributed by atoms with Crippen LogP contribution >= 0.6 is 0 Å². The van der Waals surface area contributed by atoms with Crippen molar-refractivity contribution >= 4 is 23.3 Å². The molecule has 0 saturated carbocycles. The molecular formula is C18H19N5O2. The molecule has 2 N–H and O–H groups in total. The van der Waals surface area contributed by atoms with Gasteiger partial charge in [0.25, 0.3) is 0 Å². The highest BCUT2D eigenvalue weighted by Gasteiger charge is 2.38. The summed E-state index contributed by atoms with van der Waals surface area (Å²) >= 11 is 0. The van der Waals surface area contributed by atoms with Gasteiger partial charge in [0.2, 0.25) is 11.8 Å². The third kappa shape index (κ3) is 2.93. The fraction of sp³-hybridized carbons (Fsp3) is 0.333. The van der Waals surface area contributed by atoms with Crippen LogP contribution in [0, 0.1) is 5.92 Å². The lowest BCUT2D eigenvalue weighted by atomic mass is 10.0. The molecule has 0 radical (unpaired) electrons. The van der Waals surface area contributed by atoms with Gasteiger partial charge in [0, 0.05) is 38.2 Å². The summed E-state index contributed by atoms with van der Waals surface area (Å²) in [5.41, 5.74) is 8.38. The van der Waals surface area contributed by atoms with E-state index >= 15 is 0 Å². The van der Waals surface area contributed by atoms with Crippen LogP contribution in [-0.4, -0.2) is 40.0 Å². The Morgan fingerprint density at radius 1 is 1.20 bits per heavy atom. The number of aromatic nitrogens is 2. The zero-order valence-corrected chi connectivity index (χ0v) is 13.8. The van der Waals surface area contributed by atoms with Gasteiger partial charge in [-0.25, -0.2) is 0 Å². The number of amides is 2. The molecule has 4 rings (SSSR count). The summed E-state index contributed by atoms with van der Waals surface area (Å²) in [6, 6.07) is 11.3. The van der Waals surface area contributed by atoms with E-state index in [1.807, 2.05) is 30.3 Å². The highest BCUT2D eigenvalue weighted by Crippen LogP contribution is 2.28. The summed E-state index contributed by atoms with van der Waals surface area (Å²) in [6.07, 6.45) is 0.922. The summed E-state index contributed by atoms with van der Waals surface area (Å²) < 4.78 is 0. The van der Waals surface area contributed by atoms with Crippen LogP contribution in [0.3, 0.4) is 0 Å². The van der Waals surface area contributed by atoms with Gasteiger partial charge in [-0.05, 0) is 23.8 Å². The minimum absolute atomic E-state index is 0.00271. The SMILES string of the molecule is Nc1cc2c(nn1)CCN(C(=O)[C@H]1CC(=O)N(c3ccccc3)C1)C2. The molecule has 2 aromatic rings. The number of benzene rings is 1. The third-order valence-corrected chi connectivity index (χ3v) is 4.81. The number of para-hydroxylation sites is 1. The van der Waals surface area contributed by atoms with Crippen molar-refractivity contribution in [3.05, 3.63) is 47.7 Å². The molecular weight excluding hydrogens is 318 g/mol. The Bertz CT molecular complexity index is 823. The van der Waals surface area contributed by atoms with E-state index in [9.17, 15) is 9.59 Å². The van der Waals surface area contributed by atoms with Crippen LogP contribution in [0.4, 0.5) is 11.5 Å². The van der Waals surface area contributed by atoms with E-state index in [1.54, 1.807) is 15.9 Å². The maximum Gasteiger partial charge on any atom is 0.228 e. The van der Waals surface area contributed by atoms with Crippen molar-refractivity contribution in [1.29, 1.82) is 0 Å². The summed E-state index contributed by atoms with van der Waals surface area (Å²) in [5.74, 6) is 0.0747. The molecule has 2 amide bonds. The number of carbonyl (C=O) groups excluding carboxylic acids is 2. The minimum atomic E-state index is -0.304. The molecule has 1 saturated heterocycles. The number of carbonyl (C=O) groups is 2. The molecule has 0 aliphatic carbocycles. The van der Waals surface area contributed by atoms with Gasteiger partial charge < -0.3 is 15.5 Å². The quantitative estimate of drug-likeness (QED) is 0.882. The third-order valence-electron chi connectivity index (χ3n) is 4.81. The predicted molar refractivity (Wildman–Crippen MR) is 92.5 cm³/mol. The first kappa shape index (κ1) is 15.6. The molecule has 128 valence electrons. The molecule has 0 spiro atoms. The molecule has 0 unspecified atom stereocenters. The van der Waals surface area contributed by atoms with Crippen molar-refractivity contribution in [3.8, 4) is 0 Å². The first-order chi connectivity index (χ1) is 12.1. The van der Waals surface area contributed by atoms with Crippen LogP contribution in [0.15, 0.2) is 36.4 Å². The molecule has 1 fully saturated rings. The van der Waals surface area contributed by atoms with Crippen molar-refractivity contribution in [2.24, 2.45) is 5.92 Å². The lowest BCUT2D eigenvalue weighted by Crippen LogP contribution is -2.41. The molecule has 7 nitrogen and oxygen atoms in total. The van der Waals surface area contributed by atoms with E-state index in [-0.39, 0.29) is 24.2 Å². The number of rotatable bonds is 2. The molecule has 1 aromatic heterocycles. The van der Waals surface area contributed by atoms with Crippen molar-refractivity contribution in [3.63, 3.8) is 0 Å². The largest absolute Gasteiger partial charge is 0.382 e. The molecule has 2 aliphatic rings. The molecule has 7 heteroatoms. The fourth-order valence-electron chi connectivity index (χ4n) is 3.52. The topological polar surface area (TPSA) is 92.4 Å². The van der Waals surface area contributed by atoms with Crippen LogP contribution in [0.1, 0.15) is 17.7 Å². The Hall–Kier alpha value is -2.96. The monoisotopic (exact) mass is 337 g/mol. The molecule has 0 bridgehead atoms. The highest BCUT2D eigenvalue weighted by atomic mass is 16.2. The molecule has 3 heterocycles. The highest BCUT2D eigenvalue weighted by molar-refractivity contribution is 6.00. The minimum Gasteiger partial charge on any atom is -0.382 e. The fourth-order valence-corrected chi connectivity index (χ4v) is 3.52. The maximum absolute atomic E-state index is 12.9. The van der Waals surface area contributed by atoms with E-state index < -0.39 is 0 Å². The zero-order valence-electron chi connectivity index (χ0n) is 13.8. The lowest BCUT2D eigenvalue weighted by molar-refractivity contribution is -0.136. The first-order valence-corrected chi connectivity index (χ1v) is 8.37. The van der Waals surface area contributed by atoms with E-state index in [2.05, 4.69) is 10.2 Å². The lowest BCUT2D eigenvalue weighted by Gasteiger charge is -2.30. The van der Waals surface area contributed by atoms with Crippen molar-refractivity contribution in [2.75, 3.05) is 23.7 Å². The summed E-state index contributed by atoms with van der Waals surface area (Å²) in [4.78, 5) is 28.7. The van der Waals surface area contributed by atoms with Gasteiger partial charge in [-0.3, -0.25) is 9.59 Å². The number of hydrogen-bond donors (Lipinski definition) is 1. The Balaban J connectivity index is 1.48. The number of nitrogen functional groups attached to an aromatic ring is 1. The van der Waals surface area contributed by atoms with Crippen LogP contribution in [-0.2, 0) is 22.6 Å². The van der Waals surface area contributed by atoms with Crippen molar-refractivity contribution in [1.82, 2.24) is 15.1 Å². The summed E-state index contributed by atoms with van der Waals surface area (Å²) in [5, 5.41) is 7.96.